The first-order chi connectivity index (χ1) is 6.07. The smallest absolute Gasteiger partial charge is 0.116 e. The van der Waals surface area contributed by atoms with Gasteiger partial charge in [0.05, 0.1) is 17.2 Å². The average molecular weight is 175 g/mol. The maximum absolute atomic E-state index is 4.17. The fraction of sp³-hybridized carbons (Fsp3) is 0.400. The first-order valence-corrected chi connectivity index (χ1v) is 4.36. The summed E-state index contributed by atoms with van der Waals surface area (Å²) >= 11 is 0. The molecular formula is C10H13N3. The fourth-order valence-corrected chi connectivity index (χ4v) is 1.27. The van der Waals surface area contributed by atoms with Crippen LogP contribution < -0.4 is 0 Å². The maximum atomic E-state index is 4.17. The van der Waals surface area contributed by atoms with E-state index in [4.69, 9.17) is 0 Å². The Morgan fingerprint density at radius 1 is 1.31 bits per heavy atom. The van der Waals surface area contributed by atoms with Crippen molar-refractivity contribution in [1.82, 2.24) is 15.0 Å². The number of hydrogen-bond acceptors (Lipinski definition) is 2. The lowest BCUT2D eigenvalue weighted by atomic mass is 9.93. The summed E-state index contributed by atoms with van der Waals surface area (Å²) in [6.07, 6.45) is 3.38. The van der Waals surface area contributed by atoms with Crippen molar-refractivity contribution >= 4 is 11.0 Å². The molecule has 0 aromatic carbocycles. The minimum atomic E-state index is 0.140. The van der Waals surface area contributed by atoms with Crippen LogP contribution in [0.1, 0.15) is 26.5 Å². The van der Waals surface area contributed by atoms with Gasteiger partial charge in [-0.05, 0) is 6.07 Å². The van der Waals surface area contributed by atoms with Crippen LogP contribution in [0.2, 0.25) is 0 Å². The zero-order valence-electron chi connectivity index (χ0n) is 8.13. The predicted octanol–water partition coefficient (Wildman–Crippen LogP) is 2.26. The summed E-state index contributed by atoms with van der Waals surface area (Å²) in [5.74, 6) is 0. The molecule has 0 aliphatic heterocycles. The summed E-state index contributed by atoms with van der Waals surface area (Å²) in [6, 6.07) is 2.08. The Kier molecular flexibility index (Phi) is 1.62. The lowest BCUT2D eigenvalue weighted by Gasteiger charge is -2.15. The Morgan fingerprint density at radius 3 is 2.69 bits per heavy atom. The maximum Gasteiger partial charge on any atom is 0.116 e. The summed E-state index contributed by atoms with van der Waals surface area (Å²) in [4.78, 5) is 11.4. The van der Waals surface area contributed by atoms with E-state index < -0.39 is 0 Å². The van der Waals surface area contributed by atoms with Crippen LogP contribution in [-0.2, 0) is 5.41 Å². The highest BCUT2D eigenvalue weighted by Gasteiger charge is 2.16. The number of rotatable bonds is 0. The molecule has 13 heavy (non-hydrogen) atoms. The Morgan fingerprint density at radius 2 is 2.08 bits per heavy atom. The van der Waals surface area contributed by atoms with Crippen molar-refractivity contribution in [2.45, 2.75) is 26.2 Å². The van der Waals surface area contributed by atoms with Crippen LogP contribution in [0.25, 0.3) is 11.0 Å². The van der Waals surface area contributed by atoms with Gasteiger partial charge in [-0.25, -0.2) is 9.97 Å². The normalized spacial score (nSPS) is 12.2. The summed E-state index contributed by atoms with van der Waals surface area (Å²) in [5.41, 5.74) is 3.33. The van der Waals surface area contributed by atoms with E-state index in [0.29, 0.717) is 0 Å². The molecule has 3 heteroatoms. The summed E-state index contributed by atoms with van der Waals surface area (Å²) in [7, 11) is 0. The van der Waals surface area contributed by atoms with Crippen LogP contribution in [0.15, 0.2) is 18.6 Å². The van der Waals surface area contributed by atoms with Crippen molar-refractivity contribution in [3.8, 4) is 0 Å². The van der Waals surface area contributed by atoms with Gasteiger partial charge in [-0.15, -0.1) is 0 Å². The topological polar surface area (TPSA) is 41.6 Å². The molecule has 0 fully saturated rings. The van der Waals surface area contributed by atoms with E-state index in [1.165, 1.54) is 5.69 Å². The third kappa shape index (κ3) is 1.41. The highest BCUT2D eigenvalue weighted by molar-refractivity contribution is 5.74. The molecule has 2 heterocycles. The van der Waals surface area contributed by atoms with Gasteiger partial charge in [0.2, 0.25) is 0 Å². The van der Waals surface area contributed by atoms with E-state index in [0.717, 1.165) is 11.0 Å². The molecule has 0 bridgehead atoms. The molecule has 0 atom stereocenters. The van der Waals surface area contributed by atoms with E-state index in [9.17, 15) is 0 Å². The number of fused-ring (bicyclic) bond motifs is 1. The van der Waals surface area contributed by atoms with E-state index in [1.54, 1.807) is 12.5 Å². The molecule has 2 aromatic rings. The summed E-state index contributed by atoms with van der Waals surface area (Å²) in [5, 5.41) is 0. The summed E-state index contributed by atoms with van der Waals surface area (Å²) < 4.78 is 0. The van der Waals surface area contributed by atoms with Gasteiger partial charge in [-0.1, -0.05) is 20.8 Å². The molecule has 3 nitrogen and oxygen atoms in total. The lowest BCUT2D eigenvalue weighted by molar-refractivity contribution is 0.574. The van der Waals surface area contributed by atoms with Gasteiger partial charge in [-0.2, -0.15) is 0 Å². The Bertz CT molecular complexity index is 390. The number of aromatic amines is 1. The van der Waals surface area contributed by atoms with E-state index in [-0.39, 0.29) is 5.41 Å². The van der Waals surface area contributed by atoms with Gasteiger partial charge in [0.1, 0.15) is 6.33 Å². The second-order valence-electron chi connectivity index (χ2n) is 4.25. The molecule has 2 aromatic heterocycles. The van der Waals surface area contributed by atoms with Crippen LogP contribution in [0.4, 0.5) is 0 Å². The van der Waals surface area contributed by atoms with Crippen molar-refractivity contribution in [2.24, 2.45) is 0 Å². The van der Waals surface area contributed by atoms with Gasteiger partial charge in [-0.3, -0.25) is 0 Å². The zero-order valence-corrected chi connectivity index (χ0v) is 8.13. The molecule has 0 saturated heterocycles. The average Bonchev–Trinajstić information content (AvgIpc) is 2.45. The molecule has 0 radical (unpaired) electrons. The molecule has 1 N–H and O–H groups in total. The fourth-order valence-electron chi connectivity index (χ4n) is 1.27. The van der Waals surface area contributed by atoms with Gasteiger partial charge in [0.15, 0.2) is 0 Å². The predicted molar refractivity (Wildman–Crippen MR) is 52.6 cm³/mol. The second-order valence-corrected chi connectivity index (χ2v) is 4.25. The van der Waals surface area contributed by atoms with Gasteiger partial charge in [0, 0.05) is 11.1 Å². The quantitative estimate of drug-likeness (QED) is 0.667. The van der Waals surface area contributed by atoms with Crippen LogP contribution in [-0.4, -0.2) is 15.0 Å². The van der Waals surface area contributed by atoms with Crippen LogP contribution in [0.3, 0.4) is 0 Å². The largest absolute Gasteiger partial charge is 0.355 e. The van der Waals surface area contributed by atoms with E-state index in [1.807, 2.05) is 0 Å². The van der Waals surface area contributed by atoms with E-state index >= 15 is 0 Å². The zero-order chi connectivity index (χ0) is 9.47. The van der Waals surface area contributed by atoms with Gasteiger partial charge >= 0.3 is 0 Å². The molecule has 0 saturated carbocycles. The molecule has 0 unspecified atom stereocenters. The SMILES string of the molecule is CC(C)(C)c1cc2ncncc2[nH]1. The Labute approximate surface area is 77.2 Å². The van der Waals surface area contributed by atoms with Crippen molar-refractivity contribution in [2.75, 3.05) is 0 Å². The minimum absolute atomic E-state index is 0.140. The monoisotopic (exact) mass is 175 g/mol. The number of H-pyrrole nitrogens is 1. The molecule has 0 aliphatic rings. The Balaban J connectivity index is 2.63. The van der Waals surface area contributed by atoms with Crippen LogP contribution in [0, 0.1) is 0 Å². The third-order valence-electron chi connectivity index (χ3n) is 2.10. The number of nitrogens with one attached hydrogen (secondary N) is 1. The summed E-state index contributed by atoms with van der Waals surface area (Å²) in [6.45, 7) is 6.52. The van der Waals surface area contributed by atoms with E-state index in [2.05, 4.69) is 41.8 Å². The molecule has 2 rings (SSSR count). The van der Waals surface area contributed by atoms with Crippen LogP contribution >= 0.6 is 0 Å². The first kappa shape index (κ1) is 8.23. The molecule has 68 valence electrons. The number of aromatic nitrogens is 3. The third-order valence-corrected chi connectivity index (χ3v) is 2.10. The second kappa shape index (κ2) is 2.55. The Hall–Kier alpha value is -1.38. The number of nitrogens with zero attached hydrogens (tertiary/aromatic N) is 2. The minimum Gasteiger partial charge on any atom is -0.355 e. The molecular weight excluding hydrogens is 162 g/mol. The number of hydrogen-bond donors (Lipinski definition) is 1. The van der Waals surface area contributed by atoms with Gasteiger partial charge < -0.3 is 4.98 Å². The first-order valence-electron chi connectivity index (χ1n) is 4.36. The highest BCUT2D eigenvalue weighted by atomic mass is 14.9. The van der Waals surface area contributed by atoms with Gasteiger partial charge in [0.25, 0.3) is 0 Å². The molecule has 0 amide bonds. The molecule has 0 spiro atoms. The van der Waals surface area contributed by atoms with Crippen molar-refractivity contribution in [3.63, 3.8) is 0 Å². The van der Waals surface area contributed by atoms with Crippen molar-refractivity contribution in [3.05, 3.63) is 24.3 Å². The van der Waals surface area contributed by atoms with Crippen LogP contribution in [0.5, 0.6) is 0 Å². The van der Waals surface area contributed by atoms with Crippen molar-refractivity contribution in [1.29, 1.82) is 0 Å². The lowest BCUT2D eigenvalue weighted by Crippen LogP contribution is -2.10. The van der Waals surface area contributed by atoms with Crippen molar-refractivity contribution < 1.29 is 0 Å². The molecule has 0 aliphatic carbocycles. The highest BCUT2D eigenvalue weighted by Crippen LogP contribution is 2.23. The standard InChI is InChI=1S/C10H13N3/c1-10(2,3)9-4-7-8(13-9)5-11-6-12-7/h4-6,13H,1-3H3.